The molecule has 306 valence electrons. The maximum absolute atomic E-state index is 12.6. The lowest BCUT2D eigenvalue weighted by Gasteiger charge is -2.32. The number of aliphatic hydroxyl groups excluding tert-OH is 3. The number of thioether (sulfide) groups is 3. The number of rotatable bonds is 11. The summed E-state index contributed by atoms with van der Waals surface area (Å²) in [6, 6.07) is 21.9. The van der Waals surface area contributed by atoms with Crippen molar-refractivity contribution in [2.75, 3.05) is 83.0 Å². The van der Waals surface area contributed by atoms with Gasteiger partial charge in [-0.3, -0.25) is 4.79 Å². The molecule has 0 aromatic heterocycles. The van der Waals surface area contributed by atoms with Crippen molar-refractivity contribution < 1.29 is 34.4 Å². The zero-order valence-electron chi connectivity index (χ0n) is 30.4. The first-order valence-electron chi connectivity index (χ1n) is 18.1. The molecule has 6 rings (SSSR count). The molecule has 0 atom stereocenters. The molecule has 3 aliphatic rings. The summed E-state index contributed by atoms with van der Waals surface area (Å²) in [5, 5.41) is 27.0. The highest BCUT2D eigenvalue weighted by atomic mass is 32.2. The molecule has 0 bridgehead atoms. The van der Waals surface area contributed by atoms with Crippen molar-refractivity contribution >= 4 is 47.2 Å². The van der Waals surface area contributed by atoms with Gasteiger partial charge in [-0.15, -0.1) is 35.3 Å². The van der Waals surface area contributed by atoms with Gasteiger partial charge in [0, 0.05) is 78.4 Å². The third kappa shape index (κ3) is 17.1. The fraction of sp³-hybridized carbons (Fsp3) is 0.512. The van der Waals surface area contributed by atoms with Gasteiger partial charge in [-0.25, -0.2) is 4.79 Å². The Hall–Kier alpha value is -2.79. The molecule has 5 N–H and O–H groups in total. The van der Waals surface area contributed by atoms with Crippen LogP contribution in [0.5, 0.6) is 0 Å². The highest BCUT2D eigenvalue weighted by molar-refractivity contribution is 7.99. The molecular formula is C41H62N4O7S3. The molecule has 14 heteroatoms. The van der Waals surface area contributed by atoms with Crippen LogP contribution in [0.15, 0.2) is 81.4 Å². The third-order valence-electron chi connectivity index (χ3n) is 8.61. The van der Waals surface area contributed by atoms with E-state index in [1.54, 1.807) is 35.3 Å². The van der Waals surface area contributed by atoms with E-state index in [9.17, 15) is 14.7 Å². The van der Waals surface area contributed by atoms with E-state index in [1.165, 1.54) is 14.7 Å². The summed E-state index contributed by atoms with van der Waals surface area (Å²) in [5.41, 5.74) is 9.28. The van der Waals surface area contributed by atoms with Crippen molar-refractivity contribution in [3.05, 3.63) is 89.0 Å². The normalized spacial score (nSPS) is 15.1. The van der Waals surface area contributed by atoms with E-state index < -0.39 is 0 Å². The van der Waals surface area contributed by atoms with Crippen molar-refractivity contribution in [2.45, 2.75) is 68.7 Å². The quantitative estimate of drug-likeness (QED) is 0.134. The Morgan fingerprint density at radius 2 is 1.18 bits per heavy atom. The molecule has 0 unspecified atom stereocenters. The number of carbonyl (C=O) groups is 2. The van der Waals surface area contributed by atoms with Gasteiger partial charge in [0.1, 0.15) is 0 Å². The molecular weight excluding hydrogens is 757 g/mol. The fourth-order valence-electron chi connectivity index (χ4n) is 5.61. The lowest BCUT2D eigenvalue weighted by atomic mass is 10.1. The average Bonchev–Trinajstić information content (AvgIpc) is 3.45. The van der Waals surface area contributed by atoms with E-state index in [4.69, 9.17) is 25.4 Å². The van der Waals surface area contributed by atoms with Gasteiger partial charge in [0.15, 0.2) is 0 Å². The van der Waals surface area contributed by atoms with Crippen LogP contribution in [0.4, 0.5) is 4.79 Å². The van der Waals surface area contributed by atoms with E-state index in [1.807, 2.05) is 81.4 Å². The van der Waals surface area contributed by atoms with Crippen LogP contribution in [0.2, 0.25) is 0 Å². The summed E-state index contributed by atoms with van der Waals surface area (Å²) in [5.74, 6) is 3.03. The second-order valence-corrected chi connectivity index (χ2v) is 15.9. The molecule has 0 saturated carbocycles. The molecule has 0 aliphatic carbocycles. The Bertz CT molecular complexity index is 1510. The monoisotopic (exact) mass is 818 g/mol. The van der Waals surface area contributed by atoms with Crippen molar-refractivity contribution in [1.29, 1.82) is 0 Å². The lowest BCUT2D eigenvalue weighted by Crippen LogP contribution is -2.48. The molecule has 3 aromatic rings. The fourth-order valence-corrected chi connectivity index (χ4v) is 8.15. The van der Waals surface area contributed by atoms with Crippen LogP contribution in [-0.2, 0) is 40.6 Å². The first-order valence-corrected chi connectivity index (χ1v) is 21.1. The number of aliphatic hydroxyl groups is 3. The van der Waals surface area contributed by atoms with Crippen LogP contribution in [0.25, 0.3) is 0 Å². The number of nitrogens with zero attached hydrogens (tertiary/aromatic N) is 3. The number of ether oxygens (including phenoxy) is 2. The van der Waals surface area contributed by atoms with Crippen molar-refractivity contribution in [1.82, 2.24) is 14.7 Å². The number of benzene rings is 3. The standard InChI is InChI=1S/C15H20N2O3S.C15H21NO3S.C9H13NOS.2CH4/c18-11-12-1-2-14-13(9-12)10-17(5-8-21-14)15(19)16-3-6-20-7-4-16;17-12-13-3-5-14(6-4-13)20-11-1-2-15(18)16-7-9-19-10-8-16;10-5-6-12-9-3-1-8(7-11)2-4-9;;/h1-2,9,18H,3-8,10-11H2;3-6,17H,1-2,7-12H2;1-4,11H,5-7,10H2;2*1H4. The second kappa shape index (κ2) is 27.7. The van der Waals surface area contributed by atoms with E-state index in [2.05, 4.69) is 0 Å². The molecule has 2 fully saturated rings. The van der Waals surface area contributed by atoms with Gasteiger partial charge in [-0.1, -0.05) is 51.3 Å². The van der Waals surface area contributed by atoms with Gasteiger partial charge in [0.05, 0.1) is 46.2 Å². The van der Waals surface area contributed by atoms with E-state index in [0.29, 0.717) is 59.0 Å². The number of morpholine rings is 2. The molecule has 55 heavy (non-hydrogen) atoms. The van der Waals surface area contributed by atoms with E-state index in [-0.39, 0.29) is 46.6 Å². The number of hydrogen-bond acceptors (Lipinski definition) is 11. The smallest absolute Gasteiger partial charge is 0.320 e. The van der Waals surface area contributed by atoms with Crippen molar-refractivity contribution in [3.8, 4) is 0 Å². The van der Waals surface area contributed by atoms with Gasteiger partial charge in [-0.2, -0.15) is 0 Å². The lowest BCUT2D eigenvalue weighted by molar-refractivity contribution is -0.135. The van der Waals surface area contributed by atoms with E-state index >= 15 is 0 Å². The summed E-state index contributed by atoms with van der Waals surface area (Å²) in [6.45, 7) is 7.69. The second-order valence-electron chi connectivity index (χ2n) is 12.4. The predicted octanol–water partition coefficient (Wildman–Crippen LogP) is 5.95. The van der Waals surface area contributed by atoms with Gasteiger partial charge in [0.25, 0.3) is 0 Å². The van der Waals surface area contributed by atoms with Crippen LogP contribution in [-0.4, -0.2) is 125 Å². The molecule has 3 heterocycles. The largest absolute Gasteiger partial charge is 0.392 e. The summed E-state index contributed by atoms with van der Waals surface area (Å²) in [7, 11) is 0. The van der Waals surface area contributed by atoms with E-state index in [0.717, 1.165) is 65.6 Å². The summed E-state index contributed by atoms with van der Waals surface area (Å²) >= 11 is 5.26. The third-order valence-corrected chi connectivity index (χ3v) is 11.8. The zero-order valence-corrected chi connectivity index (χ0v) is 32.9. The van der Waals surface area contributed by atoms with Gasteiger partial charge in [-0.05, 0) is 64.8 Å². The van der Waals surface area contributed by atoms with Crippen LogP contribution in [0.3, 0.4) is 0 Å². The number of urea groups is 1. The Morgan fingerprint density at radius 1 is 0.673 bits per heavy atom. The summed E-state index contributed by atoms with van der Waals surface area (Å²) in [4.78, 5) is 33.8. The average molecular weight is 819 g/mol. The van der Waals surface area contributed by atoms with Crippen LogP contribution in [0.1, 0.15) is 49.9 Å². The predicted molar refractivity (Wildman–Crippen MR) is 227 cm³/mol. The van der Waals surface area contributed by atoms with Crippen LogP contribution >= 0.6 is 35.3 Å². The Labute approximate surface area is 341 Å². The number of hydrogen-bond donors (Lipinski definition) is 4. The molecule has 0 radical (unpaired) electrons. The highest BCUT2D eigenvalue weighted by Gasteiger charge is 2.25. The number of fused-ring (bicyclic) bond motifs is 1. The minimum absolute atomic E-state index is 0. The van der Waals surface area contributed by atoms with Gasteiger partial charge in [0.2, 0.25) is 5.91 Å². The van der Waals surface area contributed by atoms with Crippen LogP contribution in [0, 0.1) is 0 Å². The first-order chi connectivity index (χ1) is 25.9. The zero-order chi connectivity index (χ0) is 37.7. The Balaban J connectivity index is 0.000000290. The number of carbonyl (C=O) groups excluding carboxylic acids is 2. The van der Waals surface area contributed by atoms with Crippen molar-refractivity contribution in [2.24, 2.45) is 5.73 Å². The van der Waals surface area contributed by atoms with Crippen LogP contribution < -0.4 is 5.73 Å². The van der Waals surface area contributed by atoms with Gasteiger partial charge < -0.3 is 45.2 Å². The van der Waals surface area contributed by atoms with Gasteiger partial charge >= 0.3 is 6.03 Å². The molecule has 2 saturated heterocycles. The molecule has 3 aromatic carbocycles. The minimum Gasteiger partial charge on any atom is -0.392 e. The number of nitrogens with two attached hydrogens (primary N) is 1. The number of amides is 3. The Morgan fingerprint density at radius 3 is 1.71 bits per heavy atom. The molecule has 3 amide bonds. The minimum atomic E-state index is 0. The first kappa shape index (κ1) is 48.4. The SMILES string of the molecule is C.C.NCCSc1ccc(CO)cc1.O=C(CCCSc1ccc(CO)cc1)N1CCOCC1.O=C(N1CCOCC1)N1CCSc2ccc(CO)cc2C1. The maximum Gasteiger partial charge on any atom is 0.320 e. The molecule has 0 spiro atoms. The highest BCUT2D eigenvalue weighted by Crippen LogP contribution is 2.29. The maximum atomic E-state index is 12.6. The topological polar surface area (TPSA) is 149 Å². The summed E-state index contributed by atoms with van der Waals surface area (Å²) < 4.78 is 10.5. The summed E-state index contributed by atoms with van der Waals surface area (Å²) in [6.07, 6.45) is 1.50. The molecule has 3 aliphatic heterocycles. The Kier molecular flexibility index (Phi) is 24.4. The molecule has 11 nitrogen and oxygen atoms in total. The van der Waals surface area contributed by atoms with Crippen molar-refractivity contribution in [3.63, 3.8) is 0 Å².